The van der Waals surface area contributed by atoms with Gasteiger partial charge in [0, 0.05) is 11.6 Å². The van der Waals surface area contributed by atoms with E-state index in [1.165, 1.54) is 0 Å². The number of hydrogen-bond acceptors (Lipinski definition) is 3. The van der Waals surface area contributed by atoms with E-state index in [9.17, 15) is 5.11 Å². The molecule has 0 spiro atoms. The van der Waals surface area contributed by atoms with Gasteiger partial charge in [0.15, 0.2) is 5.96 Å². The zero-order chi connectivity index (χ0) is 12.8. The molecule has 0 amide bonds. The van der Waals surface area contributed by atoms with Gasteiger partial charge in [-0.1, -0.05) is 23.2 Å². The summed E-state index contributed by atoms with van der Waals surface area (Å²) in [6, 6.07) is 5.04. The first-order valence-corrected chi connectivity index (χ1v) is 5.67. The SMILES string of the molecule is NC(N)=NCC(O)CNc1cc(Cl)ccc1Cl. The highest BCUT2D eigenvalue weighted by Crippen LogP contribution is 2.25. The predicted molar refractivity (Wildman–Crippen MR) is 71.6 cm³/mol. The van der Waals surface area contributed by atoms with Crippen molar-refractivity contribution in [2.24, 2.45) is 16.5 Å². The Balaban J connectivity index is 2.49. The third kappa shape index (κ3) is 5.12. The Morgan fingerprint density at radius 2 is 2.12 bits per heavy atom. The third-order valence-corrected chi connectivity index (χ3v) is 2.51. The minimum absolute atomic E-state index is 0.0511. The molecular formula is C10H14Cl2N4O. The van der Waals surface area contributed by atoms with Gasteiger partial charge in [0.2, 0.25) is 0 Å². The molecule has 0 aliphatic heterocycles. The average Bonchev–Trinajstić information content (AvgIpc) is 2.27. The van der Waals surface area contributed by atoms with E-state index in [1.807, 2.05) is 0 Å². The van der Waals surface area contributed by atoms with Crippen molar-refractivity contribution in [3.05, 3.63) is 28.2 Å². The smallest absolute Gasteiger partial charge is 0.185 e. The van der Waals surface area contributed by atoms with Crippen molar-refractivity contribution in [1.29, 1.82) is 0 Å². The number of rotatable bonds is 5. The van der Waals surface area contributed by atoms with Crippen LogP contribution in [0.4, 0.5) is 5.69 Å². The van der Waals surface area contributed by atoms with Crippen molar-refractivity contribution in [2.45, 2.75) is 6.10 Å². The molecule has 0 aromatic heterocycles. The van der Waals surface area contributed by atoms with E-state index >= 15 is 0 Å². The number of benzene rings is 1. The Hall–Kier alpha value is -1.17. The van der Waals surface area contributed by atoms with E-state index in [1.54, 1.807) is 18.2 Å². The number of guanidine groups is 1. The van der Waals surface area contributed by atoms with Crippen LogP contribution in [0.25, 0.3) is 0 Å². The maximum absolute atomic E-state index is 9.56. The topological polar surface area (TPSA) is 96.7 Å². The van der Waals surface area contributed by atoms with Gasteiger partial charge in [-0.2, -0.15) is 0 Å². The molecule has 5 nitrogen and oxygen atoms in total. The lowest BCUT2D eigenvalue weighted by Gasteiger charge is -2.12. The fraction of sp³-hybridized carbons (Fsp3) is 0.300. The Bertz CT molecular complexity index is 407. The highest BCUT2D eigenvalue weighted by molar-refractivity contribution is 6.35. The first kappa shape index (κ1) is 13.9. The zero-order valence-corrected chi connectivity index (χ0v) is 10.5. The van der Waals surface area contributed by atoms with Gasteiger partial charge in [-0.3, -0.25) is 4.99 Å². The van der Waals surface area contributed by atoms with Gasteiger partial charge in [0.1, 0.15) is 0 Å². The van der Waals surface area contributed by atoms with Gasteiger partial charge in [-0.05, 0) is 18.2 Å². The summed E-state index contributed by atoms with van der Waals surface area (Å²) in [5, 5.41) is 13.6. The van der Waals surface area contributed by atoms with Crippen molar-refractivity contribution in [2.75, 3.05) is 18.4 Å². The molecule has 0 aliphatic rings. The summed E-state index contributed by atoms with van der Waals surface area (Å²) in [5.74, 6) is -0.0511. The van der Waals surface area contributed by atoms with E-state index in [-0.39, 0.29) is 19.0 Å². The monoisotopic (exact) mass is 276 g/mol. The lowest BCUT2D eigenvalue weighted by Crippen LogP contribution is -2.28. The summed E-state index contributed by atoms with van der Waals surface area (Å²) in [5.41, 5.74) is 11.0. The second-order valence-electron chi connectivity index (χ2n) is 3.42. The molecular weight excluding hydrogens is 263 g/mol. The van der Waals surface area contributed by atoms with Gasteiger partial charge in [0.25, 0.3) is 0 Å². The van der Waals surface area contributed by atoms with E-state index in [2.05, 4.69) is 10.3 Å². The van der Waals surface area contributed by atoms with E-state index in [0.717, 1.165) is 0 Å². The maximum Gasteiger partial charge on any atom is 0.185 e. The molecule has 1 atom stereocenters. The van der Waals surface area contributed by atoms with Crippen LogP contribution in [0.15, 0.2) is 23.2 Å². The summed E-state index contributed by atoms with van der Waals surface area (Å²) in [6.07, 6.45) is -0.702. The van der Waals surface area contributed by atoms with Crippen LogP contribution in [0.3, 0.4) is 0 Å². The van der Waals surface area contributed by atoms with Gasteiger partial charge in [0.05, 0.1) is 23.4 Å². The lowest BCUT2D eigenvalue weighted by atomic mass is 10.3. The van der Waals surface area contributed by atoms with Crippen LogP contribution in [0.1, 0.15) is 0 Å². The summed E-state index contributed by atoms with van der Waals surface area (Å²) in [7, 11) is 0. The Labute approximate surface area is 109 Å². The molecule has 1 aromatic carbocycles. The molecule has 7 heteroatoms. The molecule has 0 saturated carbocycles. The summed E-state index contributed by atoms with van der Waals surface area (Å²) >= 11 is 11.8. The van der Waals surface area contributed by atoms with Gasteiger partial charge >= 0.3 is 0 Å². The van der Waals surface area contributed by atoms with Crippen molar-refractivity contribution in [1.82, 2.24) is 0 Å². The lowest BCUT2D eigenvalue weighted by molar-refractivity contribution is 0.196. The van der Waals surface area contributed by atoms with Crippen LogP contribution >= 0.6 is 23.2 Å². The van der Waals surface area contributed by atoms with Crippen LogP contribution in [-0.4, -0.2) is 30.3 Å². The van der Waals surface area contributed by atoms with Crippen molar-refractivity contribution >= 4 is 34.8 Å². The standard InChI is InChI=1S/C10H14Cl2N4O/c11-6-1-2-8(12)9(3-6)15-4-7(17)5-16-10(13)14/h1-3,7,15,17H,4-5H2,(H4,13,14,16). The molecule has 0 fully saturated rings. The summed E-state index contributed by atoms with van der Waals surface area (Å²) < 4.78 is 0. The number of nitrogens with zero attached hydrogens (tertiary/aromatic N) is 1. The summed E-state index contributed by atoms with van der Waals surface area (Å²) in [6.45, 7) is 0.407. The molecule has 1 unspecified atom stereocenters. The van der Waals surface area contributed by atoms with E-state index < -0.39 is 6.10 Å². The predicted octanol–water partition coefficient (Wildman–Crippen LogP) is 1.04. The first-order valence-electron chi connectivity index (χ1n) is 4.91. The second-order valence-corrected chi connectivity index (χ2v) is 4.27. The number of halogens is 2. The fourth-order valence-corrected chi connectivity index (χ4v) is 1.49. The minimum Gasteiger partial charge on any atom is -0.389 e. The number of nitrogens with two attached hydrogens (primary N) is 2. The van der Waals surface area contributed by atoms with Gasteiger partial charge in [-0.15, -0.1) is 0 Å². The first-order chi connectivity index (χ1) is 7.99. The number of aliphatic imine (C=N–C) groups is 1. The molecule has 1 rings (SSSR count). The van der Waals surface area contributed by atoms with Crippen LogP contribution in [0.5, 0.6) is 0 Å². The quantitative estimate of drug-likeness (QED) is 0.477. The molecule has 94 valence electrons. The molecule has 0 radical (unpaired) electrons. The minimum atomic E-state index is -0.702. The largest absolute Gasteiger partial charge is 0.389 e. The van der Waals surface area contributed by atoms with E-state index in [0.29, 0.717) is 15.7 Å². The molecule has 0 saturated heterocycles. The Kier molecular flexibility index (Phi) is 5.34. The van der Waals surface area contributed by atoms with Crippen molar-refractivity contribution in [3.63, 3.8) is 0 Å². The van der Waals surface area contributed by atoms with Crippen LogP contribution in [-0.2, 0) is 0 Å². The molecule has 0 bridgehead atoms. The number of nitrogens with one attached hydrogen (secondary N) is 1. The Morgan fingerprint density at radius 3 is 2.76 bits per heavy atom. The highest BCUT2D eigenvalue weighted by atomic mass is 35.5. The van der Waals surface area contributed by atoms with E-state index in [4.69, 9.17) is 34.7 Å². The molecule has 6 N–H and O–H groups in total. The Morgan fingerprint density at radius 1 is 1.41 bits per heavy atom. The number of aliphatic hydroxyl groups excluding tert-OH is 1. The average molecular weight is 277 g/mol. The van der Waals surface area contributed by atoms with Gasteiger partial charge in [-0.25, -0.2) is 0 Å². The maximum atomic E-state index is 9.56. The number of aliphatic hydroxyl groups is 1. The summed E-state index contributed by atoms with van der Waals surface area (Å²) in [4.78, 5) is 3.70. The molecule has 1 aromatic rings. The van der Waals surface area contributed by atoms with Crippen LogP contribution in [0, 0.1) is 0 Å². The number of hydrogen-bond donors (Lipinski definition) is 4. The molecule has 17 heavy (non-hydrogen) atoms. The van der Waals surface area contributed by atoms with Crippen LogP contribution in [0.2, 0.25) is 10.0 Å². The van der Waals surface area contributed by atoms with Crippen LogP contribution < -0.4 is 16.8 Å². The highest BCUT2D eigenvalue weighted by Gasteiger charge is 2.05. The van der Waals surface area contributed by atoms with Crippen molar-refractivity contribution in [3.8, 4) is 0 Å². The normalized spacial score (nSPS) is 11.9. The third-order valence-electron chi connectivity index (χ3n) is 1.94. The fourth-order valence-electron chi connectivity index (χ4n) is 1.14. The molecule has 0 aliphatic carbocycles. The van der Waals surface area contributed by atoms with Gasteiger partial charge < -0.3 is 21.9 Å². The number of anilines is 1. The molecule has 0 heterocycles. The van der Waals surface area contributed by atoms with Crippen molar-refractivity contribution < 1.29 is 5.11 Å². The zero-order valence-electron chi connectivity index (χ0n) is 9.03. The second kappa shape index (κ2) is 6.54.